The quantitative estimate of drug-likeness (QED) is 0.630. The lowest BCUT2D eigenvalue weighted by Gasteiger charge is -1.96. The normalized spacial score (nSPS) is 9.17. The van der Waals surface area contributed by atoms with E-state index in [0.29, 0.717) is 0 Å². The van der Waals surface area contributed by atoms with E-state index >= 15 is 0 Å². The van der Waals surface area contributed by atoms with Crippen LogP contribution in [0.1, 0.15) is 37.7 Å². The van der Waals surface area contributed by atoms with Crippen molar-refractivity contribution in [1.29, 1.82) is 0 Å². The summed E-state index contributed by atoms with van der Waals surface area (Å²) in [6.45, 7) is 10.3. The van der Waals surface area contributed by atoms with E-state index in [9.17, 15) is 0 Å². The summed E-state index contributed by atoms with van der Waals surface area (Å²) in [5.41, 5.74) is 3.84. The first-order valence-electron chi connectivity index (χ1n) is 4.66. The lowest BCUT2D eigenvalue weighted by Crippen LogP contribution is -1.96. The Morgan fingerprint density at radius 2 is 1.75 bits per heavy atom. The Bertz CT molecular complexity index is 236. The van der Waals surface area contributed by atoms with Crippen molar-refractivity contribution in [3.05, 3.63) is 17.0 Å². The van der Waals surface area contributed by atoms with E-state index in [1.54, 1.807) is 0 Å². The van der Waals surface area contributed by atoms with Gasteiger partial charge in [0, 0.05) is 12.7 Å². The third-order valence-corrected chi connectivity index (χ3v) is 2.00. The van der Waals surface area contributed by atoms with Gasteiger partial charge in [0.05, 0.1) is 5.69 Å². The summed E-state index contributed by atoms with van der Waals surface area (Å²) in [5, 5.41) is 4.30. The summed E-state index contributed by atoms with van der Waals surface area (Å²) < 4.78 is 1.96. The van der Waals surface area contributed by atoms with E-state index in [1.165, 1.54) is 11.3 Å². The molecule has 0 fully saturated rings. The molecule has 0 saturated heterocycles. The molecule has 1 aromatic rings. The van der Waals surface area contributed by atoms with Gasteiger partial charge in [0.1, 0.15) is 0 Å². The maximum absolute atomic E-state index is 4.30. The minimum Gasteiger partial charge on any atom is -0.272 e. The van der Waals surface area contributed by atoms with Crippen molar-refractivity contribution >= 4 is 0 Å². The van der Waals surface area contributed by atoms with Gasteiger partial charge in [-0.25, -0.2) is 0 Å². The maximum Gasteiger partial charge on any atom is 0.0625 e. The van der Waals surface area contributed by atoms with Crippen LogP contribution in [-0.4, -0.2) is 9.78 Å². The fourth-order valence-electron chi connectivity index (χ4n) is 1.31. The van der Waals surface area contributed by atoms with Gasteiger partial charge < -0.3 is 0 Å². The molecular weight excluding hydrogens is 148 g/mol. The number of hydrogen-bond acceptors (Lipinski definition) is 1. The van der Waals surface area contributed by atoms with Crippen molar-refractivity contribution < 1.29 is 0 Å². The van der Waals surface area contributed by atoms with Gasteiger partial charge in [-0.2, -0.15) is 5.10 Å². The fourth-order valence-corrected chi connectivity index (χ4v) is 1.31. The van der Waals surface area contributed by atoms with Crippen molar-refractivity contribution in [2.45, 2.75) is 41.0 Å². The molecule has 1 heterocycles. The Morgan fingerprint density at radius 1 is 1.25 bits per heavy atom. The second-order valence-corrected chi connectivity index (χ2v) is 2.63. The minimum atomic E-state index is 1.07. The molecule has 1 aromatic heterocycles. The highest BCUT2D eigenvalue weighted by Gasteiger charge is 2.04. The molecule has 2 nitrogen and oxygen atoms in total. The molecule has 0 saturated carbocycles. The number of rotatable bonds is 1. The van der Waals surface area contributed by atoms with Crippen molar-refractivity contribution in [2.24, 2.45) is 7.05 Å². The molecule has 70 valence electrons. The molecular formula is C10H20N2. The van der Waals surface area contributed by atoms with E-state index in [0.717, 1.165) is 12.1 Å². The molecule has 0 N–H and O–H groups in total. The lowest BCUT2D eigenvalue weighted by atomic mass is 10.2. The third kappa shape index (κ3) is 2.10. The van der Waals surface area contributed by atoms with Gasteiger partial charge in [-0.3, -0.25) is 4.68 Å². The first kappa shape index (κ1) is 11.2. The minimum absolute atomic E-state index is 1.07. The summed E-state index contributed by atoms with van der Waals surface area (Å²) in [4.78, 5) is 0. The molecule has 0 aromatic carbocycles. The van der Waals surface area contributed by atoms with Crippen LogP contribution in [0.25, 0.3) is 0 Å². The third-order valence-electron chi connectivity index (χ3n) is 2.00. The van der Waals surface area contributed by atoms with Crippen molar-refractivity contribution in [3.8, 4) is 0 Å². The molecule has 0 aliphatic carbocycles. The van der Waals surface area contributed by atoms with Gasteiger partial charge >= 0.3 is 0 Å². The van der Waals surface area contributed by atoms with Crippen LogP contribution in [0.2, 0.25) is 0 Å². The average molecular weight is 168 g/mol. The zero-order chi connectivity index (χ0) is 9.72. The van der Waals surface area contributed by atoms with E-state index in [-0.39, 0.29) is 0 Å². The predicted octanol–water partition coefficient (Wildman–Crippen LogP) is 2.63. The number of hydrogen-bond donors (Lipinski definition) is 0. The van der Waals surface area contributed by atoms with Crippen LogP contribution < -0.4 is 0 Å². The van der Waals surface area contributed by atoms with Gasteiger partial charge in [0.15, 0.2) is 0 Å². The Kier molecular flexibility index (Phi) is 4.64. The maximum atomic E-state index is 4.30. The van der Waals surface area contributed by atoms with Gasteiger partial charge in [-0.1, -0.05) is 20.8 Å². The van der Waals surface area contributed by atoms with Crippen molar-refractivity contribution in [2.75, 3.05) is 0 Å². The molecule has 1 rings (SSSR count). The molecule has 12 heavy (non-hydrogen) atoms. The molecule has 2 heteroatoms. The summed E-state index contributed by atoms with van der Waals surface area (Å²) >= 11 is 0. The number of aromatic nitrogens is 2. The highest BCUT2D eigenvalue weighted by atomic mass is 15.3. The monoisotopic (exact) mass is 168 g/mol. The van der Waals surface area contributed by atoms with Crippen LogP contribution >= 0.6 is 0 Å². The zero-order valence-corrected chi connectivity index (χ0v) is 9.10. The number of aryl methyl sites for hydroxylation is 2. The molecule has 0 radical (unpaired) electrons. The second-order valence-electron chi connectivity index (χ2n) is 2.63. The first-order chi connectivity index (χ1) is 5.66. The highest BCUT2D eigenvalue weighted by molar-refractivity contribution is 5.23. The Balaban J connectivity index is 0.000000561. The number of nitrogens with zero attached hydrogens (tertiary/aromatic N) is 2. The van der Waals surface area contributed by atoms with Gasteiger partial charge in [0.25, 0.3) is 0 Å². The summed E-state index contributed by atoms with van der Waals surface area (Å²) in [6.07, 6.45) is 1.07. The molecule has 0 spiro atoms. The SMILES string of the molecule is CC.CCc1c(C)c(C)nn1C. The first-order valence-corrected chi connectivity index (χ1v) is 4.66. The standard InChI is InChI=1S/C8H14N2.C2H6/c1-5-8-6(2)7(3)9-10(8)4;1-2/h5H2,1-4H3;1-2H3. The molecule has 0 atom stereocenters. The van der Waals surface area contributed by atoms with Crippen LogP contribution in [0.15, 0.2) is 0 Å². The van der Waals surface area contributed by atoms with E-state index in [1.807, 2.05) is 25.6 Å². The van der Waals surface area contributed by atoms with E-state index < -0.39 is 0 Å². The van der Waals surface area contributed by atoms with Crippen LogP contribution in [0.3, 0.4) is 0 Å². The molecule has 0 aliphatic heterocycles. The van der Waals surface area contributed by atoms with E-state index in [4.69, 9.17) is 0 Å². The van der Waals surface area contributed by atoms with E-state index in [2.05, 4.69) is 25.9 Å². The van der Waals surface area contributed by atoms with Gasteiger partial charge in [-0.05, 0) is 25.8 Å². The summed E-state index contributed by atoms with van der Waals surface area (Å²) in [6, 6.07) is 0. The largest absolute Gasteiger partial charge is 0.272 e. The summed E-state index contributed by atoms with van der Waals surface area (Å²) in [5.74, 6) is 0. The van der Waals surface area contributed by atoms with Crippen molar-refractivity contribution in [3.63, 3.8) is 0 Å². The topological polar surface area (TPSA) is 17.8 Å². The van der Waals surface area contributed by atoms with Crippen LogP contribution in [0.4, 0.5) is 0 Å². The molecule has 0 bridgehead atoms. The Morgan fingerprint density at radius 3 is 1.92 bits per heavy atom. The predicted molar refractivity (Wildman–Crippen MR) is 53.4 cm³/mol. The fraction of sp³-hybridized carbons (Fsp3) is 0.700. The lowest BCUT2D eigenvalue weighted by molar-refractivity contribution is 0.710. The zero-order valence-electron chi connectivity index (χ0n) is 9.10. The Labute approximate surface area is 75.6 Å². The molecule has 0 amide bonds. The van der Waals surface area contributed by atoms with Crippen LogP contribution in [0, 0.1) is 13.8 Å². The second kappa shape index (κ2) is 4.96. The average Bonchev–Trinajstić information content (AvgIpc) is 2.31. The molecule has 0 unspecified atom stereocenters. The van der Waals surface area contributed by atoms with Crippen LogP contribution in [0.5, 0.6) is 0 Å². The summed E-state index contributed by atoms with van der Waals surface area (Å²) in [7, 11) is 2.00. The Hall–Kier alpha value is -0.790. The highest BCUT2D eigenvalue weighted by Crippen LogP contribution is 2.10. The van der Waals surface area contributed by atoms with Crippen LogP contribution in [-0.2, 0) is 13.5 Å². The van der Waals surface area contributed by atoms with Gasteiger partial charge in [-0.15, -0.1) is 0 Å². The molecule has 0 aliphatic rings. The van der Waals surface area contributed by atoms with Gasteiger partial charge in [0.2, 0.25) is 0 Å². The smallest absolute Gasteiger partial charge is 0.0625 e. The van der Waals surface area contributed by atoms with Crippen molar-refractivity contribution in [1.82, 2.24) is 9.78 Å².